The maximum absolute atomic E-state index is 5.03. The van der Waals surface area contributed by atoms with Crippen molar-refractivity contribution in [2.45, 2.75) is 19.9 Å². The Kier molecular flexibility index (Phi) is 2.48. The first-order valence-electron chi connectivity index (χ1n) is 4.44. The number of oxazole rings is 1. The Labute approximate surface area is 81.1 Å². The quantitative estimate of drug-likeness (QED) is 0.802. The highest BCUT2D eigenvalue weighted by Gasteiger charge is 2.05. The van der Waals surface area contributed by atoms with Gasteiger partial charge in [0.05, 0.1) is 24.1 Å². The molecule has 74 valence electrons. The van der Waals surface area contributed by atoms with Gasteiger partial charge in [0, 0.05) is 6.42 Å². The molecule has 0 aliphatic heterocycles. The highest BCUT2D eigenvalue weighted by atomic mass is 16.5. The van der Waals surface area contributed by atoms with Crippen LogP contribution in [0.1, 0.15) is 18.4 Å². The molecule has 2 heterocycles. The normalized spacial score (nSPS) is 10.4. The number of anilines is 1. The van der Waals surface area contributed by atoms with Crippen molar-refractivity contribution < 1.29 is 8.94 Å². The zero-order chi connectivity index (χ0) is 9.80. The Morgan fingerprint density at radius 3 is 3.14 bits per heavy atom. The highest BCUT2D eigenvalue weighted by molar-refractivity contribution is 5.44. The van der Waals surface area contributed by atoms with Crippen LogP contribution in [0.2, 0.25) is 0 Å². The SMILES string of the molecule is CCc1oncc1NCc1cocn1. The zero-order valence-electron chi connectivity index (χ0n) is 7.86. The van der Waals surface area contributed by atoms with E-state index in [1.165, 1.54) is 6.39 Å². The van der Waals surface area contributed by atoms with Crippen LogP contribution in [-0.4, -0.2) is 10.1 Å². The van der Waals surface area contributed by atoms with Crippen LogP contribution in [0, 0.1) is 0 Å². The minimum atomic E-state index is 0.616. The van der Waals surface area contributed by atoms with E-state index in [0.717, 1.165) is 23.6 Å². The van der Waals surface area contributed by atoms with Gasteiger partial charge in [-0.3, -0.25) is 0 Å². The van der Waals surface area contributed by atoms with E-state index in [1.807, 2.05) is 6.92 Å². The fourth-order valence-corrected chi connectivity index (χ4v) is 1.17. The molecule has 0 aromatic carbocycles. The van der Waals surface area contributed by atoms with E-state index in [1.54, 1.807) is 12.5 Å². The van der Waals surface area contributed by atoms with Crippen molar-refractivity contribution >= 4 is 5.69 Å². The lowest BCUT2D eigenvalue weighted by Gasteiger charge is -2.00. The van der Waals surface area contributed by atoms with Crippen molar-refractivity contribution in [3.63, 3.8) is 0 Å². The fourth-order valence-electron chi connectivity index (χ4n) is 1.17. The molecule has 2 rings (SSSR count). The summed E-state index contributed by atoms with van der Waals surface area (Å²) < 4.78 is 9.88. The van der Waals surface area contributed by atoms with Gasteiger partial charge in [-0.05, 0) is 0 Å². The molecule has 5 nitrogen and oxygen atoms in total. The van der Waals surface area contributed by atoms with Gasteiger partial charge in [0.1, 0.15) is 6.26 Å². The first-order valence-corrected chi connectivity index (χ1v) is 4.44. The van der Waals surface area contributed by atoms with Crippen molar-refractivity contribution in [3.8, 4) is 0 Å². The van der Waals surface area contributed by atoms with Gasteiger partial charge in [-0.15, -0.1) is 0 Å². The van der Waals surface area contributed by atoms with Crippen LogP contribution in [0.25, 0.3) is 0 Å². The maximum Gasteiger partial charge on any atom is 0.180 e. The largest absolute Gasteiger partial charge is 0.451 e. The molecule has 0 atom stereocenters. The van der Waals surface area contributed by atoms with E-state index in [-0.39, 0.29) is 0 Å². The van der Waals surface area contributed by atoms with Crippen LogP contribution in [0.3, 0.4) is 0 Å². The molecule has 2 aromatic rings. The predicted molar refractivity (Wildman–Crippen MR) is 49.7 cm³/mol. The molecule has 2 aromatic heterocycles. The van der Waals surface area contributed by atoms with E-state index in [0.29, 0.717) is 6.54 Å². The number of rotatable bonds is 4. The molecule has 0 amide bonds. The van der Waals surface area contributed by atoms with Crippen LogP contribution in [0.15, 0.2) is 27.8 Å². The Morgan fingerprint density at radius 2 is 2.43 bits per heavy atom. The molecule has 1 N–H and O–H groups in total. The van der Waals surface area contributed by atoms with Crippen LogP contribution >= 0.6 is 0 Å². The summed E-state index contributed by atoms with van der Waals surface area (Å²) >= 11 is 0. The first-order chi connectivity index (χ1) is 6.90. The van der Waals surface area contributed by atoms with Gasteiger partial charge >= 0.3 is 0 Å². The second kappa shape index (κ2) is 3.95. The van der Waals surface area contributed by atoms with Gasteiger partial charge in [-0.1, -0.05) is 12.1 Å². The lowest BCUT2D eigenvalue weighted by atomic mass is 10.3. The molecular formula is C9H11N3O2. The summed E-state index contributed by atoms with van der Waals surface area (Å²) in [5.41, 5.74) is 1.77. The summed E-state index contributed by atoms with van der Waals surface area (Å²) in [7, 11) is 0. The van der Waals surface area contributed by atoms with Crippen molar-refractivity contribution in [3.05, 3.63) is 30.3 Å². The third-order valence-corrected chi connectivity index (χ3v) is 1.91. The summed E-state index contributed by atoms with van der Waals surface area (Å²) in [5, 5.41) is 6.88. The third kappa shape index (κ3) is 1.76. The van der Waals surface area contributed by atoms with Crippen molar-refractivity contribution in [1.82, 2.24) is 10.1 Å². The lowest BCUT2D eigenvalue weighted by Crippen LogP contribution is -2.00. The zero-order valence-corrected chi connectivity index (χ0v) is 7.86. The monoisotopic (exact) mass is 193 g/mol. The van der Waals surface area contributed by atoms with Gasteiger partial charge < -0.3 is 14.3 Å². The van der Waals surface area contributed by atoms with Crippen LogP contribution in [-0.2, 0) is 13.0 Å². The van der Waals surface area contributed by atoms with Gasteiger partial charge in [-0.25, -0.2) is 4.98 Å². The highest BCUT2D eigenvalue weighted by Crippen LogP contribution is 2.15. The molecule has 0 fully saturated rings. The smallest absolute Gasteiger partial charge is 0.180 e. The van der Waals surface area contributed by atoms with E-state index < -0.39 is 0 Å². The molecule has 14 heavy (non-hydrogen) atoms. The standard InChI is InChI=1S/C9H11N3O2/c1-2-9-8(4-12-14-9)10-3-7-5-13-6-11-7/h4-6,10H,2-3H2,1H3. The van der Waals surface area contributed by atoms with Gasteiger partial charge in [0.2, 0.25) is 0 Å². The van der Waals surface area contributed by atoms with E-state index in [4.69, 9.17) is 8.94 Å². The molecule has 0 saturated carbocycles. The predicted octanol–water partition coefficient (Wildman–Crippen LogP) is 1.84. The lowest BCUT2D eigenvalue weighted by molar-refractivity contribution is 0.387. The first kappa shape index (κ1) is 8.80. The molecule has 0 bridgehead atoms. The summed E-state index contributed by atoms with van der Waals surface area (Å²) in [6.07, 6.45) is 5.50. The Morgan fingerprint density at radius 1 is 1.50 bits per heavy atom. The van der Waals surface area contributed by atoms with Crippen molar-refractivity contribution in [1.29, 1.82) is 0 Å². The number of aryl methyl sites for hydroxylation is 1. The van der Waals surface area contributed by atoms with E-state index in [9.17, 15) is 0 Å². The molecule has 0 saturated heterocycles. The number of nitrogens with one attached hydrogen (secondary N) is 1. The number of aromatic nitrogens is 2. The maximum atomic E-state index is 5.03. The Hall–Kier alpha value is -1.78. The van der Waals surface area contributed by atoms with Crippen LogP contribution < -0.4 is 5.32 Å². The molecule has 0 aliphatic carbocycles. The molecule has 0 radical (unpaired) electrons. The van der Waals surface area contributed by atoms with E-state index in [2.05, 4.69) is 15.5 Å². The van der Waals surface area contributed by atoms with E-state index >= 15 is 0 Å². The second-order valence-electron chi connectivity index (χ2n) is 2.85. The van der Waals surface area contributed by atoms with Crippen molar-refractivity contribution in [2.24, 2.45) is 0 Å². The van der Waals surface area contributed by atoms with Crippen LogP contribution in [0.5, 0.6) is 0 Å². The molecule has 0 aliphatic rings. The Balaban J connectivity index is 1.98. The van der Waals surface area contributed by atoms with Gasteiger partial charge in [0.15, 0.2) is 12.2 Å². The summed E-state index contributed by atoms with van der Waals surface area (Å²) in [5.74, 6) is 0.855. The minimum absolute atomic E-state index is 0.616. The average Bonchev–Trinajstić information content (AvgIpc) is 2.85. The number of nitrogens with zero attached hydrogens (tertiary/aromatic N) is 2. The topological polar surface area (TPSA) is 64.1 Å². The number of hydrogen-bond acceptors (Lipinski definition) is 5. The fraction of sp³-hybridized carbons (Fsp3) is 0.333. The minimum Gasteiger partial charge on any atom is -0.451 e. The Bertz CT molecular complexity index is 380. The van der Waals surface area contributed by atoms with Crippen LogP contribution in [0.4, 0.5) is 5.69 Å². The summed E-state index contributed by atoms with van der Waals surface area (Å²) in [6, 6.07) is 0. The van der Waals surface area contributed by atoms with Gasteiger partial charge in [0.25, 0.3) is 0 Å². The summed E-state index contributed by atoms with van der Waals surface area (Å²) in [4.78, 5) is 3.99. The molecular weight excluding hydrogens is 182 g/mol. The second-order valence-corrected chi connectivity index (χ2v) is 2.85. The molecule has 5 heteroatoms. The summed E-state index contributed by atoms with van der Waals surface area (Å²) in [6.45, 7) is 2.63. The third-order valence-electron chi connectivity index (χ3n) is 1.91. The van der Waals surface area contributed by atoms with Crippen molar-refractivity contribution in [2.75, 3.05) is 5.32 Å². The molecule has 0 unspecified atom stereocenters. The van der Waals surface area contributed by atoms with Gasteiger partial charge in [-0.2, -0.15) is 0 Å². The number of hydrogen-bond donors (Lipinski definition) is 1. The average molecular weight is 193 g/mol. The molecule has 0 spiro atoms.